The minimum Gasteiger partial charge on any atom is -0.504 e. The Balaban J connectivity index is 2.87. The third-order valence-electron chi connectivity index (χ3n) is 1.48. The van der Waals surface area contributed by atoms with Crippen LogP contribution in [0, 0.1) is 6.92 Å². The average molecular weight is 182 g/mol. The maximum Gasteiger partial charge on any atom is 0.513 e. The fourth-order valence-electron chi connectivity index (χ4n) is 0.835. The van der Waals surface area contributed by atoms with Gasteiger partial charge in [-0.1, -0.05) is 6.07 Å². The predicted octanol–water partition coefficient (Wildman–Crippen LogP) is 1.85. The van der Waals surface area contributed by atoms with Crippen molar-refractivity contribution in [1.82, 2.24) is 0 Å². The number of aryl methyl sites for hydroxylation is 1. The van der Waals surface area contributed by atoms with Crippen LogP contribution < -0.4 is 4.74 Å². The number of phenols is 1. The van der Waals surface area contributed by atoms with E-state index >= 15 is 0 Å². The number of phenolic OH excluding ortho intramolecular Hbond substituents is 1. The van der Waals surface area contributed by atoms with Gasteiger partial charge in [0.05, 0.1) is 7.11 Å². The Morgan fingerprint density at radius 2 is 2.15 bits per heavy atom. The first kappa shape index (κ1) is 9.38. The molecule has 0 saturated carbocycles. The van der Waals surface area contributed by atoms with Crippen molar-refractivity contribution in [1.29, 1.82) is 0 Å². The molecule has 0 bridgehead atoms. The maximum absolute atomic E-state index is 10.7. The molecule has 0 radical (unpaired) electrons. The van der Waals surface area contributed by atoms with Crippen molar-refractivity contribution in [2.45, 2.75) is 6.92 Å². The standard InChI is InChI=1S/C9H10O4/c1-6-3-4-7(10)8(5-6)13-9(11)12-2/h3-5,10H,1-2H3. The number of aromatic hydroxyl groups is 1. The zero-order valence-corrected chi connectivity index (χ0v) is 7.40. The smallest absolute Gasteiger partial charge is 0.504 e. The van der Waals surface area contributed by atoms with E-state index in [1.807, 2.05) is 6.92 Å². The van der Waals surface area contributed by atoms with Crippen LogP contribution in [0.5, 0.6) is 11.5 Å². The lowest BCUT2D eigenvalue weighted by atomic mass is 10.2. The Bertz CT molecular complexity index is 319. The van der Waals surface area contributed by atoms with E-state index in [0.717, 1.165) is 5.56 Å². The first-order valence-corrected chi connectivity index (χ1v) is 3.69. The number of methoxy groups -OCH3 is 1. The van der Waals surface area contributed by atoms with Crippen molar-refractivity contribution in [3.05, 3.63) is 23.8 Å². The second kappa shape index (κ2) is 3.80. The first-order chi connectivity index (χ1) is 6.13. The number of carbonyl (C=O) groups excluding carboxylic acids is 1. The van der Waals surface area contributed by atoms with Crippen LogP contribution in [0.1, 0.15) is 5.56 Å². The van der Waals surface area contributed by atoms with Gasteiger partial charge in [0, 0.05) is 0 Å². The second-order valence-electron chi connectivity index (χ2n) is 2.53. The van der Waals surface area contributed by atoms with Gasteiger partial charge in [-0.2, -0.15) is 0 Å². The topological polar surface area (TPSA) is 55.8 Å². The summed E-state index contributed by atoms with van der Waals surface area (Å²) in [6.07, 6.45) is -0.846. The molecule has 13 heavy (non-hydrogen) atoms. The lowest BCUT2D eigenvalue weighted by molar-refractivity contribution is 0.120. The summed E-state index contributed by atoms with van der Waals surface area (Å²) in [6.45, 7) is 1.82. The van der Waals surface area contributed by atoms with Crippen LogP contribution in [0.4, 0.5) is 4.79 Å². The summed E-state index contributed by atoms with van der Waals surface area (Å²) in [5, 5.41) is 9.25. The fourth-order valence-corrected chi connectivity index (χ4v) is 0.835. The van der Waals surface area contributed by atoms with Crippen LogP contribution in [0.15, 0.2) is 18.2 Å². The van der Waals surface area contributed by atoms with E-state index in [-0.39, 0.29) is 11.5 Å². The summed E-state index contributed by atoms with van der Waals surface area (Å²) < 4.78 is 8.94. The van der Waals surface area contributed by atoms with Crippen molar-refractivity contribution >= 4 is 6.16 Å². The van der Waals surface area contributed by atoms with E-state index in [9.17, 15) is 9.90 Å². The van der Waals surface area contributed by atoms with Crippen molar-refractivity contribution < 1.29 is 19.4 Å². The van der Waals surface area contributed by atoms with Gasteiger partial charge in [0.2, 0.25) is 0 Å². The number of ether oxygens (including phenoxy) is 2. The Morgan fingerprint density at radius 3 is 2.77 bits per heavy atom. The molecule has 0 spiro atoms. The molecule has 1 N–H and O–H groups in total. The Labute approximate surface area is 75.7 Å². The molecule has 0 heterocycles. The number of carbonyl (C=O) groups is 1. The van der Waals surface area contributed by atoms with Crippen LogP contribution in [0.3, 0.4) is 0 Å². The van der Waals surface area contributed by atoms with Crippen LogP contribution in [0.25, 0.3) is 0 Å². The summed E-state index contributed by atoms with van der Waals surface area (Å²) in [5.41, 5.74) is 0.886. The lowest BCUT2D eigenvalue weighted by Gasteiger charge is -2.04. The van der Waals surface area contributed by atoms with E-state index in [1.54, 1.807) is 12.1 Å². The quantitative estimate of drug-likeness (QED) is 0.532. The van der Waals surface area contributed by atoms with Crippen LogP contribution in [0.2, 0.25) is 0 Å². The van der Waals surface area contributed by atoms with Crippen molar-refractivity contribution in [2.75, 3.05) is 7.11 Å². The molecule has 0 aromatic heterocycles. The van der Waals surface area contributed by atoms with Gasteiger partial charge in [0.25, 0.3) is 0 Å². The van der Waals surface area contributed by atoms with E-state index in [2.05, 4.69) is 9.47 Å². The Kier molecular flexibility index (Phi) is 2.74. The third-order valence-corrected chi connectivity index (χ3v) is 1.48. The van der Waals surface area contributed by atoms with E-state index in [4.69, 9.17) is 0 Å². The van der Waals surface area contributed by atoms with Gasteiger partial charge in [-0.05, 0) is 24.6 Å². The number of hydrogen-bond donors (Lipinski definition) is 1. The third kappa shape index (κ3) is 2.37. The molecule has 0 aliphatic rings. The summed E-state index contributed by atoms with van der Waals surface area (Å²) in [5.74, 6) is 0.0165. The highest BCUT2D eigenvalue weighted by Crippen LogP contribution is 2.26. The molecule has 0 amide bonds. The molecular weight excluding hydrogens is 172 g/mol. The summed E-state index contributed by atoms with van der Waals surface area (Å²) >= 11 is 0. The van der Waals surface area contributed by atoms with Gasteiger partial charge in [-0.25, -0.2) is 4.79 Å². The molecule has 0 aliphatic heterocycles. The zero-order chi connectivity index (χ0) is 9.84. The Hall–Kier alpha value is -1.71. The molecule has 4 nitrogen and oxygen atoms in total. The lowest BCUT2D eigenvalue weighted by Crippen LogP contribution is -2.07. The van der Waals surface area contributed by atoms with Crippen LogP contribution in [-0.2, 0) is 4.74 Å². The molecule has 0 aliphatic carbocycles. The fraction of sp³-hybridized carbons (Fsp3) is 0.222. The van der Waals surface area contributed by atoms with Gasteiger partial charge in [-0.3, -0.25) is 0 Å². The van der Waals surface area contributed by atoms with Crippen LogP contribution >= 0.6 is 0 Å². The number of hydrogen-bond acceptors (Lipinski definition) is 4. The minimum atomic E-state index is -0.846. The molecule has 1 aromatic carbocycles. The molecule has 0 fully saturated rings. The van der Waals surface area contributed by atoms with E-state index < -0.39 is 6.16 Å². The molecule has 1 aromatic rings. The SMILES string of the molecule is COC(=O)Oc1cc(C)ccc1O. The van der Waals surface area contributed by atoms with Crippen molar-refractivity contribution in [3.8, 4) is 11.5 Å². The normalized spacial score (nSPS) is 9.38. The average Bonchev–Trinajstić information content (AvgIpc) is 2.11. The van der Waals surface area contributed by atoms with E-state index in [0.29, 0.717) is 0 Å². The molecule has 0 atom stereocenters. The minimum absolute atomic E-state index is 0.0870. The Morgan fingerprint density at radius 1 is 1.46 bits per heavy atom. The summed E-state index contributed by atoms with van der Waals surface area (Å²) in [7, 11) is 1.20. The van der Waals surface area contributed by atoms with E-state index in [1.165, 1.54) is 13.2 Å². The second-order valence-corrected chi connectivity index (χ2v) is 2.53. The molecule has 0 unspecified atom stereocenters. The first-order valence-electron chi connectivity index (χ1n) is 3.69. The molecule has 1 rings (SSSR count). The zero-order valence-electron chi connectivity index (χ0n) is 7.40. The van der Waals surface area contributed by atoms with Gasteiger partial charge in [-0.15, -0.1) is 0 Å². The highest BCUT2D eigenvalue weighted by Gasteiger charge is 2.07. The highest BCUT2D eigenvalue weighted by molar-refractivity contribution is 5.65. The number of benzene rings is 1. The largest absolute Gasteiger partial charge is 0.513 e. The van der Waals surface area contributed by atoms with Gasteiger partial charge in [0.15, 0.2) is 11.5 Å². The summed E-state index contributed by atoms with van der Waals surface area (Å²) in [4.78, 5) is 10.7. The van der Waals surface area contributed by atoms with Crippen molar-refractivity contribution in [3.63, 3.8) is 0 Å². The summed E-state index contributed by atoms with van der Waals surface area (Å²) in [6, 6.07) is 4.71. The molecule has 0 saturated heterocycles. The maximum atomic E-state index is 10.7. The van der Waals surface area contributed by atoms with Gasteiger partial charge in [0.1, 0.15) is 0 Å². The molecule has 4 heteroatoms. The highest BCUT2D eigenvalue weighted by atomic mass is 16.7. The number of rotatable bonds is 1. The predicted molar refractivity (Wildman–Crippen MR) is 45.9 cm³/mol. The van der Waals surface area contributed by atoms with Gasteiger partial charge >= 0.3 is 6.16 Å². The molecule has 70 valence electrons. The van der Waals surface area contributed by atoms with Gasteiger partial charge < -0.3 is 14.6 Å². The van der Waals surface area contributed by atoms with Crippen LogP contribution in [-0.4, -0.2) is 18.4 Å². The monoisotopic (exact) mass is 182 g/mol. The molecular formula is C9H10O4. The van der Waals surface area contributed by atoms with Crippen molar-refractivity contribution in [2.24, 2.45) is 0 Å².